The van der Waals surface area contributed by atoms with Crippen LogP contribution in [0.25, 0.3) is 0 Å². The number of carbonyl (C=O) groups is 1. The lowest BCUT2D eigenvalue weighted by molar-refractivity contribution is -0.155. The predicted octanol–water partition coefficient (Wildman–Crippen LogP) is 4.98. The minimum atomic E-state index is -0.630. The first kappa shape index (κ1) is 29.2. The van der Waals surface area contributed by atoms with E-state index in [-0.39, 0.29) is 36.5 Å². The van der Waals surface area contributed by atoms with Crippen LogP contribution >= 0.6 is 0 Å². The molecule has 4 aliphatic heterocycles. The molecule has 4 rings (SSSR count). The van der Waals surface area contributed by atoms with Gasteiger partial charge in [-0.25, -0.2) is 0 Å². The van der Waals surface area contributed by atoms with Crippen molar-refractivity contribution in [2.75, 3.05) is 13.7 Å². The fraction of sp³-hybridized carbons (Fsp3) is 0.710. The molecule has 0 aliphatic carbocycles. The summed E-state index contributed by atoms with van der Waals surface area (Å²) in [7, 11) is 1.62. The van der Waals surface area contributed by atoms with Crippen LogP contribution in [0.2, 0.25) is 0 Å². The molecule has 0 saturated carbocycles. The standard InChI is InChI=1S/C31H46O7/c1-20-13-14-35-24(16-20)11-12-27(34-4)28-19-29-31(38-29)26(32)18-22(3)15-21(2)17-25-9-5-7-23(36-25)8-6-10-30(33)37-28/h5,7,11-13,21,23-29,31-32H,3,6,8-10,14-19H2,1-2,4H3/b12-11+/t21?,23-,24+,25-,26-,27-,28-,29-,31-/m0/s1. The van der Waals surface area contributed by atoms with Gasteiger partial charge in [0.15, 0.2) is 0 Å². The third-order valence-electron chi connectivity index (χ3n) is 7.95. The van der Waals surface area contributed by atoms with Crippen LogP contribution in [-0.4, -0.2) is 73.6 Å². The molecule has 0 amide bonds. The van der Waals surface area contributed by atoms with Gasteiger partial charge in [0.1, 0.15) is 18.3 Å². The first-order valence-electron chi connectivity index (χ1n) is 14.3. The van der Waals surface area contributed by atoms with Crippen LogP contribution in [0.1, 0.15) is 71.6 Å². The third-order valence-corrected chi connectivity index (χ3v) is 7.95. The summed E-state index contributed by atoms with van der Waals surface area (Å²) >= 11 is 0. The van der Waals surface area contributed by atoms with Crippen LogP contribution in [0, 0.1) is 5.92 Å². The van der Waals surface area contributed by atoms with E-state index in [4.69, 9.17) is 23.7 Å². The van der Waals surface area contributed by atoms with Crippen molar-refractivity contribution in [2.24, 2.45) is 5.92 Å². The second kappa shape index (κ2) is 14.0. The molecule has 0 spiro atoms. The molecule has 38 heavy (non-hydrogen) atoms. The number of rotatable bonds is 4. The summed E-state index contributed by atoms with van der Waals surface area (Å²) in [6.07, 6.45) is 14.7. The Bertz CT molecular complexity index is 893. The zero-order chi connectivity index (χ0) is 27.1. The van der Waals surface area contributed by atoms with Gasteiger partial charge in [-0.3, -0.25) is 4.79 Å². The summed E-state index contributed by atoms with van der Waals surface area (Å²) in [6.45, 7) is 9.15. The van der Waals surface area contributed by atoms with Crippen LogP contribution < -0.4 is 0 Å². The highest BCUT2D eigenvalue weighted by molar-refractivity contribution is 5.69. The number of hydrogen-bond donors (Lipinski definition) is 1. The van der Waals surface area contributed by atoms with Crippen molar-refractivity contribution in [1.29, 1.82) is 0 Å². The highest BCUT2D eigenvalue weighted by atomic mass is 16.6. The molecule has 2 saturated heterocycles. The van der Waals surface area contributed by atoms with Crippen molar-refractivity contribution in [1.82, 2.24) is 0 Å². The number of hydrogen-bond acceptors (Lipinski definition) is 7. The Morgan fingerprint density at radius 1 is 1.21 bits per heavy atom. The number of aliphatic hydroxyl groups excluding tert-OH is 1. The summed E-state index contributed by atoms with van der Waals surface area (Å²) in [5, 5.41) is 10.8. The van der Waals surface area contributed by atoms with Crippen molar-refractivity contribution in [3.63, 3.8) is 0 Å². The minimum absolute atomic E-state index is 0.0248. The molecule has 0 radical (unpaired) electrons. The van der Waals surface area contributed by atoms with Crippen molar-refractivity contribution in [2.45, 2.75) is 120 Å². The first-order chi connectivity index (χ1) is 18.3. The van der Waals surface area contributed by atoms with E-state index < -0.39 is 18.3 Å². The Labute approximate surface area is 227 Å². The second-order valence-electron chi connectivity index (χ2n) is 11.5. The van der Waals surface area contributed by atoms with Crippen molar-refractivity contribution in [3.8, 4) is 0 Å². The highest BCUT2D eigenvalue weighted by Gasteiger charge is 2.47. The van der Waals surface area contributed by atoms with E-state index in [1.54, 1.807) is 7.11 Å². The molecule has 1 N–H and O–H groups in total. The number of aliphatic hydroxyl groups is 1. The second-order valence-corrected chi connectivity index (χ2v) is 11.5. The van der Waals surface area contributed by atoms with Gasteiger partial charge < -0.3 is 28.8 Å². The third kappa shape index (κ3) is 8.88. The molecule has 1 unspecified atom stereocenters. The highest BCUT2D eigenvalue weighted by Crippen LogP contribution is 2.35. The molecule has 9 atom stereocenters. The first-order valence-corrected chi connectivity index (χ1v) is 14.3. The SMILES string of the molecule is C=C1CC(C)C[C@@H]2CC=C[C@@H](CCCC(=O)O[C@H]([C@H](/C=C/[C@@H]3CC(C)=CCO3)OC)C[C@@H]3O[C@H]3[C@@H](O)C1)O2. The fourth-order valence-electron chi connectivity index (χ4n) is 5.89. The van der Waals surface area contributed by atoms with E-state index in [1.165, 1.54) is 5.57 Å². The van der Waals surface area contributed by atoms with Gasteiger partial charge in [0, 0.05) is 20.0 Å². The number of ether oxygens (including phenoxy) is 5. The lowest BCUT2D eigenvalue weighted by Gasteiger charge is -2.29. The molecular formula is C31H46O7. The van der Waals surface area contributed by atoms with Gasteiger partial charge in [-0.05, 0) is 57.8 Å². The Morgan fingerprint density at radius 3 is 2.84 bits per heavy atom. The monoisotopic (exact) mass is 530 g/mol. The minimum Gasteiger partial charge on any atom is -0.459 e. The average molecular weight is 531 g/mol. The number of methoxy groups -OCH3 is 1. The molecule has 7 heteroatoms. The van der Waals surface area contributed by atoms with Crippen LogP contribution in [-0.2, 0) is 28.5 Å². The quantitative estimate of drug-likeness (QED) is 0.312. The maximum atomic E-state index is 12.9. The molecule has 7 nitrogen and oxygen atoms in total. The van der Waals surface area contributed by atoms with Gasteiger partial charge in [-0.2, -0.15) is 0 Å². The molecule has 212 valence electrons. The van der Waals surface area contributed by atoms with Crippen molar-refractivity contribution >= 4 is 5.97 Å². The number of esters is 1. The van der Waals surface area contributed by atoms with Crippen LogP contribution in [0.3, 0.4) is 0 Å². The lowest BCUT2D eigenvalue weighted by Crippen LogP contribution is -2.34. The van der Waals surface area contributed by atoms with Crippen LogP contribution in [0.15, 0.2) is 48.1 Å². The summed E-state index contributed by atoms with van der Waals surface area (Å²) in [4.78, 5) is 12.9. The topological polar surface area (TPSA) is 86.8 Å². The maximum Gasteiger partial charge on any atom is 0.306 e. The predicted molar refractivity (Wildman–Crippen MR) is 146 cm³/mol. The van der Waals surface area contributed by atoms with Crippen molar-refractivity contribution in [3.05, 3.63) is 48.1 Å². The smallest absolute Gasteiger partial charge is 0.306 e. The van der Waals surface area contributed by atoms with Gasteiger partial charge in [0.05, 0.1) is 37.1 Å². The zero-order valence-electron chi connectivity index (χ0n) is 23.3. The normalized spacial score (nSPS) is 38.5. The lowest BCUT2D eigenvalue weighted by atomic mass is 9.90. The van der Waals surface area contributed by atoms with Crippen molar-refractivity contribution < 1.29 is 33.6 Å². The van der Waals surface area contributed by atoms with E-state index in [9.17, 15) is 9.90 Å². The van der Waals surface area contributed by atoms with Gasteiger partial charge in [-0.1, -0.05) is 55.0 Å². The fourth-order valence-corrected chi connectivity index (χ4v) is 5.89. The molecule has 4 aliphatic rings. The van der Waals surface area contributed by atoms with E-state index in [0.29, 0.717) is 38.2 Å². The molecule has 2 bridgehead atoms. The van der Waals surface area contributed by atoms with E-state index in [0.717, 1.165) is 37.7 Å². The number of fused-ring (bicyclic) bond motifs is 3. The zero-order valence-corrected chi connectivity index (χ0v) is 23.3. The molecule has 0 aromatic carbocycles. The Morgan fingerprint density at radius 2 is 2.05 bits per heavy atom. The molecule has 4 heterocycles. The number of carbonyl (C=O) groups excluding carboxylic acids is 1. The Hall–Kier alpha value is -1.77. The summed E-state index contributed by atoms with van der Waals surface area (Å²) < 4.78 is 29.7. The van der Waals surface area contributed by atoms with Crippen LogP contribution in [0.5, 0.6) is 0 Å². The van der Waals surface area contributed by atoms with Gasteiger partial charge in [0.25, 0.3) is 0 Å². The van der Waals surface area contributed by atoms with Gasteiger partial charge in [0.2, 0.25) is 0 Å². The maximum absolute atomic E-state index is 12.9. The van der Waals surface area contributed by atoms with Crippen LogP contribution in [0.4, 0.5) is 0 Å². The summed E-state index contributed by atoms with van der Waals surface area (Å²) in [5.74, 6) is 0.165. The van der Waals surface area contributed by atoms with E-state index in [2.05, 4.69) is 38.7 Å². The van der Waals surface area contributed by atoms with E-state index >= 15 is 0 Å². The summed E-state index contributed by atoms with van der Waals surface area (Å²) in [6, 6.07) is 0. The van der Waals surface area contributed by atoms with E-state index in [1.807, 2.05) is 12.2 Å². The molecule has 0 aromatic rings. The number of epoxide rings is 1. The van der Waals surface area contributed by atoms with Gasteiger partial charge >= 0.3 is 5.97 Å². The largest absolute Gasteiger partial charge is 0.459 e. The molecule has 2 fully saturated rings. The average Bonchev–Trinajstić information content (AvgIpc) is 3.63. The summed E-state index contributed by atoms with van der Waals surface area (Å²) in [5.41, 5.74) is 2.32. The molecule has 0 aromatic heterocycles. The Kier molecular flexibility index (Phi) is 10.8. The molecular weight excluding hydrogens is 484 g/mol. The van der Waals surface area contributed by atoms with Gasteiger partial charge in [-0.15, -0.1) is 0 Å². The Balaban J connectivity index is 1.44. The number of cyclic esters (lactones) is 1.